The molecule has 22 heavy (non-hydrogen) atoms. The molecule has 4 atom stereocenters. The molecule has 2 bridgehead atoms. The van der Waals surface area contributed by atoms with Crippen LogP contribution >= 0.6 is 0 Å². The van der Waals surface area contributed by atoms with Gasteiger partial charge in [-0.2, -0.15) is 0 Å². The maximum Gasteiger partial charge on any atom is 0.309 e. The zero-order valence-electron chi connectivity index (χ0n) is 14.0. The Balaban J connectivity index is 1.52. The minimum absolute atomic E-state index is 0.0333. The number of hydrogen-bond acceptors (Lipinski definition) is 3. The summed E-state index contributed by atoms with van der Waals surface area (Å²) in [5.74, 6) is 1.51. The predicted octanol–water partition coefficient (Wildman–Crippen LogP) is 2.89. The van der Waals surface area contributed by atoms with Gasteiger partial charge in [0.05, 0.1) is 5.92 Å². The maximum absolute atomic E-state index is 12.4. The number of fused-ring (bicyclic) bond motifs is 2. The van der Waals surface area contributed by atoms with Gasteiger partial charge in [-0.3, -0.25) is 9.59 Å². The molecule has 0 spiro atoms. The topological polar surface area (TPSA) is 69.4 Å². The third kappa shape index (κ3) is 2.55. The van der Waals surface area contributed by atoms with E-state index in [0.717, 1.165) is 32.1 Å². The average Bonchev–Trinajstić information content (AvgIpc) is 2.48. The molecule has 4 nitrogen and oxygen atoms in total. The van der Waals surface area contributed by atoms with Gasteiger partial charge in [0, 0.05) is 5.92 Å². The van der Waals surface area contributed by atoms with Crippen molar-refractivity contribution >= 4 is 11.9 Å². The van der Waals surface area contributed by atoms with Crippen LogP contribution in [-0.4, -0.2) is 18.0 Å². The van der Waals surface area contributed by atoms with Crippen LogP contribution in [-0.2, 0) is 14.3 Å². The molecule has 4 saturated carbocycles. The Hall–Kier alpha value is -1.06. The lowest BCUT2D eigenvalue weighted by Crippen LogP contribution is -2.57. The van der Waals surface area contributed by atoms with Crippen LogP contribution in [0.2, 0.25) is 0 Å². The lowest BCUT2D eigenvalue weighted by molar-refractivity contribution is -0.190. The Kier molecular flexibility index (Phi) is 3.98. The monoisotopic (exact) mass is 307 g/mol. The highest BCUT2D eigenvalue weighted by molar-refractivity contribution is 5.77. The second kappa shape index (κ2) is 5.54. The van der Waals surface area contributed by atoms with Crippen LogP contribution in [0.1, 0.15) is 59.3 Å². The number of carbonyl (C=O) groups excluding carboxylic acids is 2. The van der Waals surface area contributed by atoms with Crippen molar-refractivity contribution in [2.75, 3.05) is 0 Å². The van der Waals surface area contributed by atoms with E-state index in [1.54, 1.807) is 0 Å². The van der Waals surface area contributed by atoms with Crippen LogP contribution in [0.3, 0.4) is 0 Å². The van der Waals surface area contributed by atoms with E-state index >= 15 is 0 Å². The minimum atomic E-state index is -0.227. The first-order chi connectivity index (χ1) is 10.3. The summed E-state index contributed by atoms with van der Waals surface area (Å²) in [7, 11) is 0. The Morgan fingerprint density at radius 3 is 2.14 bits per heavy atom. The van der Waals surface area contributed by atoms with Gasteiger partial charge >= 0.3 is 5.97 Å². The third-order valence-electron chi connectivity index (χ3n) is 7.01. The molecule has 0 saturated heterocycles. The zero-order valence-corrected chi connectivity index (χ0v) is 14.0. The molecular formula is C18H29NO3. The van der Waals surface area contributed by atoms with Crippen molar-refractivity contribution in [1.29, 1.82) is 0 Å². The first-order valence-electron chi connectivity index (χ1n) is 8.80. The number of nitrogens with two attached hydrogens (primary N) is 1. The van der Waals surface area contributed by atoms with E-state index in [0.29, 0.717) is 23.2 Å². The fourth-order valence-corrected chi connectivity index (χ4v) is 5.12. The number of hydrogen-bond donors (Lipinski definition) is 1. The summed E-state index contributed by atoms with van der Waals surface area (Å²) in [4.78, 5) is 23.6. The number of ether oxygens (including phenoxy) is 1. The van der Waals surface area contributed by atoms with Gasteiger partial charge in [0.25, 0.3) is 0 Å². The molecule has 0 heterocycles. The molecule has 0 aromatic heterocycles. The molecule has 4 rings (SSSR count). The van der Waals surface area contributed by atoms with Crippen LogP contribution < -0.4 is 5.73 Å². The number of esters is 1. The number of primary amides is 1. The summed E-state index contributed by atoms with van der Waals surface area (Å²) in [6, 6.07) is 0. The van der Waals surface area contributed by atoms with Gasteiger partial charge in [0.1, 0.15) is 6.10 Å². The van der Waals surface area contributed by atoms with E-state index in [2.05, 4.69) is 20.8 Å². The van der Waals surface area contributed by atoms with Gasteiger partial charge in [0.15, 0.2) is 0 Å². The van der Waals surface area contributed by atoms with Crippen LogP contribution in [0.5, 0.6) is 0 Å². The fourth-order valence-electron chi connectivity index (χ4n) is 5.12. The summed E-state index contributed by atoms with van der Waals surface area (Å²) in [6.07, 6.45) is 5.36. The molecule has 124 valence electrons. The van der Waals surface area contributed by atoms with Crippen molar-refractivity contribution in [3.63, 3.8) is 0 Å². The largest absolute Gasteiger partial charge is 0.462 e. The molecular weight excluding hydrogens is 278 g/mol. The Labute approximate surface area is 133 Å². The van der Waals surface area contributed by atoms with Crippen LogP contribution in [0.25, 0.3) is 0 Å². The molecule has 4 fully saturated rings. The zero-order chi connectivity index (χ0) is 16.1. The smallest absolute Gasteiger partial charge is 0.309 e. The molecule has 4 aliphatic rings. The van der Waals surface area contributed by atoms with Crippen molar-refractivity contribution in [2.45, 2.75) is 65.4 Å². The van der Waals surface area contributed by atoms with Crippen LogP contribution in [0.4, 0.5) is 0 Å². The summed E-state index contributed by atoms with van der Waals surface area (Å²) in [6.45, 7) is 6.95. The summed E-state index contributed by atoms with van der Waals surface area (Å²) >= 11 is 0. The molecule has 2 N–H and O–H groups in total. The Morgan fingerprint density at radius 1 is 1.05 bits per heavy atom. The van der Waals surface area contributed by atoms with Crippen molar-refractivity contribution in [3.05, 3.63) is 0 Å². The van der Waals surface area contributed by atoms with Gasteiger partial charge in [-0.1, -0.05) is 20.8 Å². The normalized spacial score (nSPS) is 43.0. The van der Waals surface area contributed by atoms with E-state index in [9.17, 15) is 9.59 Å². The maximum atomic E-state index is 12.4. The molecule has 0 radical (unpaired) electrons. The molecule has 0 aromatic carbocycles. The Bertz CT molecular complexity index is 465. The predicted molar refractivity (Wildman–Crippen MR) is 83.7 cm³/mol. The van der Waals surface area contributed by atoms with Crippen molar-refractivity contribution in [1.82, 2.24) is 0 Å². The summed E-state index contributed by atoms with van der Waals surface area (Å²) in [5, 5.41) is 0. The SMILES string of the molecule is C[C@@H]1[C@@H](OC(=O)C2CCC(C(N)=O)CC2)C[C@H]2C[C@H]1C2(C)C. The first kappa shape index (κ1) is 15.8. The second-order valence-corrected chi connectivity index (χ2v) is 8.38. The minimum Gasteiger partial charge on any atom is -0.462 e. The van der Waals surface area contributed by atoms with Crippen molar-refractivity contribution in [3.8, 4) is 0 Å². The van der Waals surface area contributed by atoms with Gasteiger partial charge in [-0.25, -0.2) is 0 Å². The summed E-state index contributed by atoms with van der Waals surface area (Å²) in [5.41, 5.74) is 5.77. The highest BCUT2D eigenvalue weighted by Crippen LogP contribution is 2.61. The van der Waals surface area contributed by atoms with Gasteiger partial charge in [0.2, 0.25) is 5.91 Å². The molecule has 4 heteroatoms. The summed E-state index contributed by atoms with van der Waals surface area (Å²) < 4.78 is 5.88. The van der Waals surface area contributed by atoms with Gasteiger partial charge in [-0.05, 0) is 61.7 Å². The Morgan fingerprint density at radius 2 is 1.64 bits per heavy atom. The molecule has 0 unspecified atom stereocenters. The van der Waals surface area contributed by atoms with Crippen LogP contribution in [0.15, 0.2) is 0 Å². The van der Waals surface area contributed by atoms with E-state index in [1.807, 2.05) is 0 Å². The average molecular weight is 307 g/mol. The van der Waals surface area contributed by atoms with E-state index in [4.69, 9.17) is 10.5 Å². The molecule has 0 aromatic rings. The molecule has 0 aliphatic heterocycles. The number of carbonyl (C=O) groups is 2. The van der Waals surface area contributed by atoms with Crippen molar-refractivity contribution in [2.24, 2.45) is 40.7 Å². The quantitative estimate of drug-likeness (QED) is 0.815. The van der Waals surface area contributed by atoms with Crippen molar-refractivity contribution < 1.29 is 14.3 Å². The third-order valence-corrected chi connectivity index (χ3v) is 7.01. The lowest BCUT2D eigenvalue weighted by atomic mass is 9.45. The van der Waals surface area contributed by atoms with E-state index in [1.165, 1.54) is 6.42 Å². The number of rotatable bonds is 3. The van der Waals surface area contributed by atoms with E-state index < -0.39 is 0 Å². The van der Waals surface area contributed by atoms with E-state index in [-0.39, 0.29) is 29.8 Å². The standard InChI is InChI=1S/C18H29NO3/c1-10-14-8-13(18(14,2)3)9-15(10)22-17(21)12-6-4-11(5-7-12)16(19)20/h10-15H,4-9H2,1-3H3,(H2,19,20)/t10-,11?,12?,13+,14+,15-/m0/s1. The first-order valence-corrected chi connectivity index (χ1v) is 8.80. The fraction of sp³-hybridized carbons (Fsp3) is 0.889. The lowest BCUT2D eigenvalue weighted by Gasteiger charge is -2.61. The van der Waals surface area contributed by atoms with Crippen LogP contribution in [0, 0.1) is 35.0 Å². The molecule has 4 aliphatic carbocycles. The highest BCUT2D eigenvalue weighted by atomic mass is 16.5. The number of amides is 1. The van der Waals surface area contributed by atoms with Gasteiger partial charge in [-0.15, -0.1) is 0 Å². The van der Waals surface area contributed by atoms with Gasteiger partial charge < -0.3 is 10.5 Å². The second-order valence-electron chi connectivity index (χ2n) is 8.38. The molecule has 1 amide bonds. The highest BCUT2D eigenvalue weighted by Gasteiger charge is 2.57.